The molecular formula is C44H36N2. The molecule has 0 N–H and O–H groups in total. The Balaban J connectivity index is 1.42. The van der Waals surface area contributed by atoms with Crippen molar-refractivity contribution < 1.29 is 0 Å². The number of rotatable bonds is 6. The molecule has 222 valence electrons. The molecule has 0 radical (unpaired) electrons. The lowest BCUT2D eigenvalue weighted by Crippen LogP contribution is -2.00. The summed E-state index contributed by atoms with van der Waals surface area (Å²) in [6, 6.07) is 51.2. The van der Waals surface area contributed by atoms with Gasteiger partial charge in [0.15, 0.2) is 0 Å². The SMILES string of the molecule is Cc1cc(-c2cc(-c3ccccc3)nc(-c3ccccc3)c2C)c(C)cc1-c1cc(-c2ccccc2)nc(-c2ccccc2)c1C. The van der Waals surface area contributed by atoms with Crippen LogP contribution in [0.1, 0.15) is 22.3 Å². The third-order valence-corrected chi connectivity index (χ3v) is 8.93. The van der Waals surface area contributed by atoms with Gasteiger partial charge >= 0.3 is 0 Å². The first-order valence-corrected chi connectivity index (χ1v) is 15.8. The molecule has 0 unspecified atom stereocenters. The maximum absolute atomic E-state index is 5.20. The summed E-state index contributed by atoms with van der Waals surface area (Å²) < 4.78 is 0. The van der Waals surface area contributed by atoms with Gasteiger partial charge in [-0.25, -0.2) is 9.97 Å². The number of aryl methyl sites for hydroxylation is 2. The molecule has 5 aromatic carbocycles. The molecule has 2 nitrogen and oxygen atoms in total. The minimum absolute atomic E-state index is 0.978. The van der Waals surface area contributed by atoms with Gasteiger partial charge in [-0.2, -0.15) is 0 Å². The Labute approximate surface area is 272 Å². The zero-order chi connectivity index (χ0) is 31.6. The van der Waals surface area contributed by atoms with Crippen molar-refractivity contribution in [1.82, 2.24) is 9.97 Å². The Morgan fingerprint density at radius 2 is 0.630 bits per heavy atom. The van der Waals surface area contributed by atoms with Crippen molar-refractivity contribution in [2.45, 2.75) is 27.7 Å². The van der Waals surface area contributed by atoms with Crippen molar-refractivity contribution in [1.29, 1.82) is 0 Å². The molecule has 46 heavy (non-hydrogen) atoms. The Morgan fingerprint density at radius 3 is 0.957 bits per heavy atom. The average Bonchev–Trinajstić information content (AvgIpc) is 3.11. The summed E-state index contributed by atoms with van der Waals surface area (Å²) in [6.45, 7) is 8.87. The molecule has 0 fully saturated rings. The first-order chi connectivity index (χ1) is 22.5. The van der Waals surface area contributed by atoms with E-state index in [9.17, 15) is 0 Å². The number of nitrogens with zero attached hydrogens (tertiary/aromatic N) is 2. The predicted octanol–water partition coefficient (Wildman–Crippen LogP) is 11.7. The van der Waals surface area contributed by atoms with Crippen LogP contribution in [0.2, 0.25) is 0 Å². The zero-order valence-corrected chi connectivity index (χ0v) is 26.8. The van der Waals surface area contributed by atoms with Crippen LogP contribution in [0.5, 0.6) is 0 Å². The summed E-state index contributed by atoms with van der Waals surface area (Å²) in [5, 5.41) is 0. The van der Waals surface area contributed by atoms with Crippen molar-refractivity contribution in [3.8, 4) is 67.3 Å². The molecule has 7 aromatic rings. The normalized spacial score (nSPS) is 11.0. The first kappa shape index (κ1) is 29.1. The largest absolute Gasteiger partial charge is 0.247 e. The summed E-state index contributed by atoms with van der Waals surface area (Å²) in [7, 11) is 0. The van der Waals surface area contributed by atoms with Gasteiger partial charge in [0.2, 0.25) is 0 Å². The molecule has 0 aliphatic carbocycles. The van der Waals surface area contributed by atoms with E-state index in [1.165, 1.54) is 44.5 Å². The minimum Gasteiger partial charge on any atom is -0.247 e. The van der Waals surface area contributed by atoms with Crippen molar-refractivity contribution in [2.75, 3.05) is 0 Å². The molecule has 0 aliphatic heterocycles. The third kappa shape index (κ3) is 5.55. The Morgan fingerprint density at radius 1 is 0.326 bits per heavy atom. The highest BCUT2D eigenvalue weighted by molar-refractivity contribution is 5.87. The average molecular weight is 593 g/mol. The fourth-order valence-corrected chi connectivity index (χ4v) is 6.44. The molecular weight excluding hydrogens is 556 g/mol. The minimum atomic E-state index is 0.978. The van der Waals surface area contributed by atoms with Crippen molar-refractivity contribution >= 4 is 0 Å². The van der Waals surface area contributed by atoms with Crippen LogP contribution >= 0.6 is 0 Å². The van der Waals surface area contributed by atoms with Crippen molar-refractivity contribution in [2.24, 2.45) is 0 Å². The predicted molar refractivity (Wildman–Crippen MR) is 194 cm³/mol. The molecule has 0 bridgehead atoms. The van der Waals surface area contributed by atoms with Gasteiger partial charge < -0.3 is 0 Å². The summed E-state index contributed by atoms with van der Waals surface area (Å²) in [5.74, 6) is 0. The summed E-state index contributed by atoms with van der Waals surface area (Å²) in [4.78, 5) is 10.4. The summed E-state index contributed by atoms with van der Waals surface area (Å²) >= 11 is 0. The topological polar surface area (TPSA) is 25.8 Å². The number of hydrogen-bond donors (Lipinski definition) is 0. The Hall–Kier alpha value is -5.60. The highest BCUT2D eigenvalue weighted by Gasteiger charge is 2.19. The molecule has 0 atom stereocenters. The maximum atomic E-state index is 5.20. The van der Waals surface area contributed by atoms with E-state index in [-0.39, 0.29) is 0 Å². The Kier molecular flexibility index (Phi) is 7.86. The zero-order valence-electron chi connectivity index (χ0n) is 26.8. The van der Waals surface area contributed by atoms with Gasteiger partial charge in [0.05, 0.1) is 22.8 Å². The highest BCUT2D eigenvalue weighted by Crippen LogP contribution is 2.41. The van der Waals surface area contributed by atoms with E-state index in [1.807, 2.05) is 0 Å². The standard InChI is InChI=1S/C44H36N2/c1-29-25-38(40-28-42(34-19-11-6-12-20-34)46-44(32(40)4)36-23-15-8-16-24-36)30(2)26-37(29)39-27-41(33-17-9-5-10-18-33)45-43(31(39)3)35-21-13-7-14-22-35/h5-28H,1-4H3. The summed E-state index contributed by atoms with van der Waals surface area (Å²) in [5.41, 5.74) is 18.2. The van der Waals surface area contributed by atoms with E-state index < -0.39 is 0 Å². The van der Waals surface area contributed by atoms with E-state index in [0.717, 1.165) is 45.0 Å². The molecule has 0 saturated carbocycles. The van der Waals surface area contributed by atoms with Crippen LogP contribution in [-0.2, 0) is 0 Å². The van der Waals surface area contributed by atoms with Crippen LogP contribution in [-0.4, -0.2) is 9.97 Å². The second kappa shape index (κ2) is 12.4. The maximum Gasteiger partial charge on any atom is 0.0744 e. The lowest BCUT2D eigenvalue weighted by molar-refractivity contribution is 1.25. The number of benzene rings is 5. The molecule has 0 aliphatic rings. The van der Waals surface area contributed by atoms with Crippen LogP contribution in [0, 0.1) is 27.7 Å². The summed E-state index contributed by atoms with van der Waals surface area (Å²) in [6.07, 6.45) is 0. The molecule has 0 spiro atoms. The van der Waals surface area contributed by atoms with Crippen molar-refractivity contribution in [3.63, 3.8) is 0 Å². The van der Waals surface area contributed by atoms with Crippen LogP contribution in [0.25, 0.3) is 67.3 Å². The van der Waals surface area contributed by atoms with Gasteiger partial charge in [0, 0.05) is 22.3 Å². The van der Waals surface area contributed by atoms with E-state index in [0.29, 0.717) is 0 Å². The highest BCUT2D eigenvalue weighted by atomic mass is 14.7. The molecule has 2 heterocycles. The van der Waals surface area contributed by atoms with Crippen LogP contribution < -0.4 is 0 Å². The van der Waals surface area contributed by atoms with E-state index in [2.05, 4.69) is 173 Å². The molecule has 0 amide bonds. The second-order valence-electron chi connectivity index (χ2n) is 12.0. The van der Waals surface area contributed by atoms with Crippen molar-refractivity contribution in [3.05, 3.63) is 168 Å². The molecule has 2 aromatic heterocycles. The van der Waals surface area contributed by atoms with Gasteiger partial charge in [-0.05, 0) is 84.3 Å². The van der Waals surface area contributed by atoms with Gasteiger partial charge in [-0.15, -0.1) is 0 Å². The lowest BCUT2D eigenvalue weighted by atomic mass is 9.86. The number of pyridine rings is 2. The molecule has 0 saturated heterocycles. The van der Waals surface area contributed by atoms with Gasteiger partial charge in [-0.3, -0.25) is 0 Å². The monoisotopic (exact) mass is 592 g/mol. The van der Waals surface area contributed by atoms with Gasteiger partial charge in [-0.1, -0.05) is 133 Å². The fraction of sp³-hybridized carbons (Fsp3) is 0.0909. The fourth-order valence-electron chi connectivity index (χ4n) is 6.44. The van der Waals surface area contributed by atoms with Crippen LogP contribution in [0.15, 0.2) is 146 Å². The van der Waals surface area contributed by atoms with Gasteiger partial charge in [0.25, 0.3) is 0 Å². The number of hydrogen-bond acceptors (Lipinski definition) is 2. The quantitative estimate of drug-likeness (QED) is 0.192. The first-order valence-electron chi connectivity index (χ1n) is 15.8. The van der Waals surface area contributed by atoms with E-state index >= 15 is 0 Å². The molecule has 7 rings (SSSR count). The van der Waals surface area contributed by atoms with E-state index in [1.54, 1.807) is 0 Å². The van der Waals surface area contributed by atoms with Crippen LogP contribution in [0.4, 0.5) is 0 Å². The van der Waals surface area contributed by atoms with Crippen LogP contribution in [0.3, 0.4) is 0 Å². The third-order valence-electron chi connectivity index (χ3n) is 8.93. The second-order valence-corrected chi connectivity index (χ2v) is 12.0. The Bertz CT molecular complexity index is 1990. The smallest absolute Gasteiger partial charge is 0.0744 e. The van der Waals surface area contributed by atoms with E-state index in [4.69, 9.17) is 9.97 Å². The number of aromatic nitrogens is 2. The lowest BCUT2D eigenvalue weighted by Gasteiger charge is -2.20. The van der Waals surface area contributed by atoms with Gasteiger partial charge in [0.1, 0.15) is 0 Å². The molecule has 2 heteroatoms.